The molecule has 0 fully saturated rings. The van der Waals surface area contributed by atoms with Crippen molar-refractivity contribution in [2.24, 2.45) is 0 Å². The van der Waals surface area contributed by atoms with Gasteiger partial charge in [-0.3, -0.25) is 9.69 Å². The second kappa shape index (κ2) is 6.73. The average molecular weight is 271 g/mol. The summed E-state index contributed by atoms with van der Waals surface area (Å²) in [5.74, 6) is -1.89. The van der Waals surface area contributed by atoms with Crippen molar-refractivity contribution in [1.82, 2.24) is 4.90 Å². The first-order chi connectivity index (χ1) is 8.88. The normalized spacial score (nSPS) is 14.5. The molecule has 0 saturated carbocycles. The van der Waals surface area contributed by atoms with E-state index in [1.54, 1.807) is 26.0 Å². The Morgan fingerprint density at radius 1 is 1.37 bits per heavy atom. The Bertz CT molecular complexity index is 451. The molecule has 5 heteroatoms. The Balaban J connectivity index is 2.87. The van der Waals surface area contributed by atoms with Gasteiger partial charge in [-0.15, -0.1) is 0 Å². The molecule has 0 aromatic heterocycles. The van der Waals surface area contributed by atoms with Crippen molar-refractivity contribution in [3.8, 4) is 0 Å². The zero-order valence-corrected chi connectivity index (χ0v) is 11.6. The first kappa shape index (κ1) is 15.7. The number of hydrogen-bond acceptors (Lipinski definition) is 3. The molecule has 106 valence electrons. The number of Topliss-reactive ketones (excluding diaryl/α,β-unsaturated/α-hetero) is 1. The highest BCUT2D eigenvalue weighted by atomic mass is 19.1. The van der Waals surface area contributed by atoms with E-state index < -0.39 is 17.7 Å². The van der Waals surface area contributed by atoms with E-state index in [2.05, 4.69) is 0 Å². The third-order valence-corrected chi connectivity index (χ3v) is 3.29. The van der Waals surface area contributed by atoms with E-state index in [1.807, 2.05) is 6.92 Å². The van der Waals surface area contributed by atoms with Crippen LogP contribution in [0.15, 0.2) is 18.2 Å². The summed E-state index contributed by atoms with van der Waals surface area (Å²) in [5.41, 5.74) is -0.0923. The van der Waals surface area contributed by atoms with Gasteiger partial charge in [0.1, 0.15) is 11.6 Å². The highest BCUT2D eigenvalue weighted by Crippen LogP contribution is 2.15. The number of rotatable bonds is 6. The van der Waals surface area contributed by atoms with Crippen LogP contribution in [0.1, 0.15) is 24.2 Å². The molecule has 19 heavy (non-hydrogen) atoms. The fraction of sp³-hybridized carbons (Fsp3) is 0.500. The maximum Gasteiger partial charge on any atom is 0.182 e. The van der Waals surface area contributed by atoms with Gasteiger partial charge in [-0.05, 0) is 33.0 Å². The number of halogens is 2. The van der Waals surface area contributed by atoms with Crippen LogP contribution in [0.3, 0.4) is 0 Å². The number of nitrogens with zero attached hydrogens (tertiary/aromatic N) is 1. The quantitative estimate of drug-likeness (QED) is 0.745. The van der Waals surface area contributed by atoms with Gasteiger partial charge < -0.3 is 4.74 Å². The number of carbonyl (C=O) groups excluding carboxylic acids is 1. The van der Waals surface area contributed by atoms with E-state index in [-0.39, 0.29) is 17.4 Å². The van der Waals surface area contributed by atoms with E-state index in [0.717, 1.165) is 12.1 Å². The lowest BCUT2D eigenvalue weighted by Gasteiger charge is -2.29. The average Bonchev–Trinajstić information content (AvgIpc) is 2.36. The first-order valence-electron chi connectivity index (χ1n) is 6.08. The van der Waals surface area contributed by atoms with E-state index in [0.29, 0.717) is 6.61 Å². The van der Waals surface area contributed by atoms with Gasteiger partial charge in [0.05, 0.1) is 18.2 Å². The number of benzene rings is 1. The molecule has 0 amide bonds. The van der Waals surface area contributed by atoms with Gasteiger partial charge >= 0.3 is 0 Å². The number of ketones is 1. The Kier molecular flexibility index (Phi) is 5.57. The van der Waals surface area contributed by atoms with Crippen LogP contribution in [-0.2, 0) is 4.74 Å². The Hall–Kier alpha value is -1.33. The Morgan fingerprint density at radius 3 is 2.53 bits per heavy atom. The third-order valence-electron chi connectivity index (χ3n) is 3.29. The van der Waals surface area contributed by atoms with Crippen LogP contribution in [0.2, 0.25) is 0 Å². The zero-order valence-electron chi connectivity index (χ0n) is 11.6. The summed E-state index contributed by atoms with van der Waals surface area (Å²) in [6.07, 6.45) is 0. The van der Waals surface area contributed by atoms with E-state index in [4.69, 9.17) is 4.74 Å². The summed E-state index contributed by atoms with van der Waals surface area (Å²) in [7, 11) is 3.35. The highest BCUT2D eigenvalue weighted by molar-refractivity contribution is 6.00. The topological polar surface area (TPSA) is 29.5 Å². The van der Waals surface area contributed by atoms with Crippen LogP contribution >= 0.6 is 0 Å². The molecular weight excluding hydrogens is 252 g/mol. The van der Waals surface area contributed by atoms with Crippen molar-refractivity contribution >= 4 is 5.78 Å². The summed E-state index contributed by atoms with van der Waals surface area (Å²) in [5, 5.41) is 0. The molecule has 0 aliphatic rings. The van der Waals surface area contributed by atoms with E-state index >= 15 is 0 Å². The number of ether oxygens (including phenoxy) is 1. The second-order valence-electron chi connectivity index (χ2n) is 4.63. The third kappa shape index (κ3) is 3.81. The predicted molar refractivity (Wildman–Crippen MR) is 69.3 cm³/mol. The fourth-order valence-corrected chi connectivity index (χ4v) is 1.84. The molecule has 0 spiro atoms. The predicted octanol–water partition coefficient (Wildman–Crippen LogP) is 2.50. The van der Waals surface area contributed by atoms with Gasteiger partial charge in [0.15, 0.2) is 5.78 Å². The minimum absolute atomic E-state index is 0.0208. The molecule has 0 bridgehead atoms. The molecule has 0 N–H and O–H groups in total. The lowest BCUT2D eigenvalue weighted by molar-refractivity contribution is 0.0690. The molecule has 1 aromatic rings. The Morgan fingerprint density at radius 2 is 2.00 bits per heavy atom. The van der Waals surface area contributed by atoms with Gasteiger partial charge in [-0.25, -0.2) is 8.78 Å². The van der Waals surface area contributed by atoms with Gasteiger partial charge in [0, 0.05) is 19.2 Å². The first-order valence-corrected chi connectivity index (χ1v) is 6.08. The lowest BCUT2D eigenvalue weighted by atomic mass is 10.0. The Labute approximate surface area is 112 Å². The van der Waals surface area contributed by atoms with Gasteiger partial charge in [-0.1, -0.05) is 0 Å². The zero-order chi connectivity index (χ0) is 14.6. The van der Waals surface area contributed by atoms with Crippen molar-refractivity contribution in [3.05, 3.63) is 35.4 Å². The molecule has 0 saturated heterocycles. The summed E-state index contributed by atoms with van der Waals surface area (Å²) in [6, 6.07) is 2.50. The molecule has 0 aliphatic carbocycles. The molecule has 3 nitrogen and oxygen atoms in total. The van der Waals surface area contributed by atoms with Crippen LogP contribution in [0.5, 0.6) is 0 Å². The summed E-state index contributed by atoms with van der Waals surface area (Å²) >= 11 is 0. The van der Waals surface area contributed by atoms with Crippen LogP contribution in [0.25, 0.3) is 0 Å². The minimum Gasteiger partial charge on any atom is -0.383 e. The monoisotopic (exact) mass is 271 g/mol. The molecule has 0 heterocycles. The molecule has 0 aliphatic heterocycles. The maximum absolute atomic E-state index is 13.6. The fourth-order valence-electron chi connectivity index (χ4n) is 1.84. The van der Waals surface area contributed by atoms with Crippen LogP contribution < -0.4 is 0 Å². The summed E-state index contributed by atoms with van der Waals surface area (Å²) < 4.78 is 31.4. The van der Waals surface area contributed by atoms with Gasteiger partial charge in [0.25, 0.3) is 0 Å². The standard InChI is InChI=1S/C14H19F2NO2/c1-9(8-19-4)17(3)10(2)14(18)12-6-5-11(15)7-13(12)16/h5-7,9-10H,8H2,1-4H3. The SMILES string of the molecule is COCC(C)N(C)C(C)C(=O)c1ccc(F)cc1F. The maximum atomic E-state index is 13.6. The smallest absolute Gasteiger partial charge is 0.182 e. The number of hydrogen-bond donors (Lipinski definition) is 0. The van der Waals surface area contributed by atoms with E-state index in [9.17, 15) is 13.6 Å². The van der Waals surface area contributed by atoms with Crippen LogP contribution in [0, 0.1) is 11.6 Å². The molecule has 1 aromatic carbocycles. The summed E-state index contributed by atoms with van der Waals surface area (Å²) in [4.78, 5) is 14.0. The van der Waals surface area contributed by atoms with Gasteiger partial charge in [-0.2, -0.15) is 0 Å². The van der Waals surface area contributed by atoms with E-state index in [1.165, 1.54) is 6.07 Å². The minimum atomic E-state index is -0.829. The molecular formula is C14H19F2NO2. The lowest BCUT2D eigenvalue weighted by Crippen LogP contribution is -2.43. The van der Waals surface area contributed by atoms with Crippen molar-refractivity contribution in [1.29, 1.82) is 0 Å². The molecule has 2 atom stereocenters. The van der Waals surface area contributed by atoms with Crippen molar-refractivity contribution in [2.45, 2.75) is 25.9 Å². The van der Waals surface area contributed by atoms with Crippen LogP contribution in [0.4, 0.5) is 8.78 Å². The second-order valence-corrected chi connectivity index (χ2v) is 4.63. The molecule has 2 unspecified atom stereocenters. The number of likely N-dealkylation sites (N-methyl/N-ethyl adjacent to an activating group) is 1. The highest BCUT2D eigenvalue weighted by Gasteiger charge is 2.25. The van der Waals surface area contributed by atoms with Crippen LogP contribution in [-0.4, -0.2) is 43.5 Å². The number of carbonyl (C=O) groups is 1. The number of methoxy groups -OCH3 is 1. The largest absolute Gasteiger partial charge is 0.383 e. The van der Waals surface area contributed by atoms with Crippen molar-refractivity contribution in [2.75, 3.05) is 20.8 Å². The van der Waals surface area contributed by atoms with Gasteiger partial charge in [0.2, 0.25) is 0 Å². The van der Waals surface area contributed by atoms with Crippen molar-refractivity contribution in [3.63, 3.8) is 0 Å². The van der Waals surface area contributed by atoms with Crippen molar-refractivity contribution < 1.29 is 18.3 Å². The molecule has 1 rings (SSSR count). The summed E-state index contributed by atoms with van der Waals surface area (Å²) in [6.45, 7) is 4.08. The molecule has 0 radical (unpaired) electrons.